The molecule has 4 heteroatoms. The molecule has 2 atom stereocenters. The quantitative estimate of drug-likeness (QED) is 0.538. The minimum atomic E-state index is -0.577. The number of likely N-dealkylation sites (tertiary alicyclic amines) is 1. The molecule has 1 saturated heterocycles. The van der Waals surface area contributed by atoms with E-state index in [2.05, 4.69) is 0 Å². The molecular formula is C7H15NO3. The fourth-order valence-electron chi connectivity index (χ4n) is 1.25. The lowest BCUT2D eigenvalue weighted by atomic mass is 10.3. The molecule has 0 spiro atoms. The monoisotopic (exact) mass is 161 g/mol. The topological polar surface area (TPSA) is 52.9 Å². The molecule has 0 aromatic rings. The van der Waals surface area contributed by atoms with Gasteiger partial charge in [0.2, 0.25) is 0 Å². The molecule has 2 N–H and O–H groups in total. The van der Waals surface area contributed by atoms with Crippen molar-refractivity contribution in [3.8, 4) is 0 Å². The van der Waals surface area contributed by atoms with Crippen LogP contribution < -0.4 is 0 Å². The van der Waals surface area contributed by atoms with E-state index in [9.17, 15) is 0 Å². The zero-order valence-electron chi connectivity index (χ0n) is 6.73. The number of β-amino-alcohol motifs (C(OH)–C–C–N with tert-alkyl or cyclic N) is 2. The van der Waals surface area contributed by atoms with Crippen LogP contribution in [0.1, 0.15) is 0 Å². The van der Waals surface area contributed by atoms with Crippen molar-refractivity contribution in [3.05, 3.63) is 0 Å². The summed E-state index contributed by atoms with van der Waals surface area (Å²) in [5.41, 5.74) is 0. The third-order valence-electron chi connectivity index (χ3n) is 1.95. The second-order valence-electron chi connectivity index (χ2n) is 2.89. The van der Waals surface area contributed by atoms with Gasteiger partial charge in [-0.15, -0.1) is 0 Å². The Morgan fingerprint density at radius 3 is 2.36 bits per heavy atom. The van der Waals surface area contributed by atoms with Gasteiger partial charge in [0, 0.05) is 26.7 Å². The first-order valence-corrected chi connectivity index (χ1v) is 3.81. The summed E-state index contributed by atoms with van der Waals surface area (Å²) in [7, 11) is 1.64. The summed E-state index contributed by atoms with van der Waals surface area (Å²) in [4.78, 5) is 1.98. The lowest BCUT2D eigenvalue weighted by molar-refractivity contribution is 0.0572. The van der Waals surface area contributed by atoms with E-state index in [4.69, 9.17) is 14.9 Å². The van der Waals surface area contributed by atoms with Crippen LogP contribution >= 0.6 is 0 Å². The Kier molecular flexibility index (Phi) is 3.26. The minimum absolute atomic E-state index is 0.560. The lowest BCUT2D eigenvalue weighted by Crippen LogP contribution is -2.25. The Hall–Kier alpha value is -0.160. The van der Waals surface area contributed by atoms with Crippen molar-refractivity contribution in [1.82, 2.24) is 4.90 Å². The molecule has 0 aromatic heterocycles. The first-order valence-electron chi connectivity index (χ1n) is 3.81. The van der Waals surface area contributed by atoms with Gasteiger partial charge in [-0.2, -0.15) is 0 Å². The minimum Gasteiger partial charge on any atom is -0.389 e. The van der Waals surface area contributed by atoms with E-state index >= 15 is 0 Å². The smallest absolute Gasteiger partial charge is 0.0938 e. The van der Waals surface area contributed by atoms with Crippen LogP contribution in [0, 0.1) is 0 Å². The zero-order chi connectivity index (χ0) is 8.27. The number of ether oxygens (including phenoxy) is 1. The van der Waals surface area contributed by atoms with E-state index in [1.54, 1.807) is 7.11 Å². The van der Waals surface area contributed by atoms with Crippen molar-refractivity contribution >= 4 is 0 Å². The van der Waals surface area contributed by atoms with Crippen LogP contribution in [-0.2, 0) is 4.74 Å². The van der Waals surface area contributed by atoms with Crippen molar-refractivity contribution in [2.75, 3.05) is 33.4 Å². The van der Waals surface area contributed by atoms with Crippen LogP contribution in [0.25, 0.3) is 0 Å². The number of rotatable bonds is 3. The molecule has 1 rings (SSSR count). The molecule has 0 aromatic carbocycles. The summed E-state index contributed by atoms with van der Waals surface area (Å²) in [5.74, 6) is 0. The molecule has 66 valence electrons. The van der Waals surface area contributed by atoms with Crippen molar-refractivity contribution in [1.29, 1.82) is 0 Å². The van der Waals surface area contributed by atoms with Gasteiger partial charge in [-0.1, -0.05) is 0 Å². The summed E-state index contributed by atoms with van der Waals surface area (Å²) in [5, 5.41) is 18.3. The summed E-state index contributed by atoms with van der Waals surface area (Å²) < 4.78 is 4.87. The van der Waals surface area contributed by atoms with Crippen molar-refractivity contribution in [2.45, 2.75) is 12.2 Å². The second-order valence-corrected chi connectivity index (χ2v) is 2.89. The second kappa shape index (κ2) is 4.01. The number of hydrogen-bond acceptors (Lipinski definition) is 4. The standard InChI is InChI=1S/C7H15NO3/c1-11-3-2-8-4-6(9)7(10)5-8/h6-7,9-10H,2-5H2,1H3/t6-,7-/m0/s1. The Morgan fingerprint density at radius 2 is 1.91 bits per heavy atom. The Labute approximate surface area is 66.4 Å². The third kappa shape index (κ3) is 2.41. The molecule has 1 aliphatic rings. The first-order chi connectivity index (χ1) is 5.24. The summed E-state index contributed by atoms with van der Waals surface area (Å²) in [6.45, 7) is 2.55. The van der Waals surface area contributed by atoms with Crippen molar-refractivity contribution < 1.29 is 14.9 Å². The molecule has 0 unspecified atom stereocenters. The van der Waals surface area contributed by atoms with Crippen LogP contribution in [-0.4, -0.2) is 60.7 Å². The van der Waals surface area contributed by atoms with E-state index in [1.807, 2.05) is 4.90 Å². The molecule has 0 radical (unpaired) electrons. The molecule has 1 aliphatic heterocycles. The predicted molar refractivity (Wildman–Crippen MR) is 40.3 cm³/mol. The van der Waals surface area contributed by atoms with Gasteiger partial charge >= 0.3 is 0 Å². The molecule has 0 bridgehead atoms. The molecular weight excluding hydrogens is 146 g/mol. The lowest BCUT2D eigenvalue weighted by Gasteiger charge is -2.12. The summed E-state index contributed by atoms with van der Waals surface area (Å²) in [6, 6.07) is 0. The third-order valence-corrected chi connectivity index (χ3v) is 1.95. The summed E-state index contributed by atoms with van der Waals surface area (Å²) in [6.07, 6.45) is -1.15. The normalized spacial score (nSPS) is 33.0. The Balaban J connectivity index is 2.18. The van der Waals surface area contributed by atoms with Crippen LogP contribution in [0.3, 0.4) is 0 Å². The van der Waals surface area contributed by atoms with Gasteiger partial charge in [-0.25, -0.2) is 0 Å². The first kappa shape index (κ1) is 8.93. The molecule has 4 nitrogen and oxygen atoms in total. The van der Waals surface area contributed by atoms with E-state index in [1.165, 1.54) is 0 Å². The van der Waals surface area contributed by atoms with Gasteiger partial charge in [0.15, 0.2) is 0 Å². The van der Waals surface area contributed by atoms with E-state index in [-0.39, 0.29) is 0 Å². The Bertz CT molecular complexity index is 110. The molecule has 1 heterocycles. The van der Waals surface area contributed by atoms with E-state index < -0.39 is 12.2 Å². The van der Waals surface area contributed by atoms with Crippen LogP contribution in [0.5, 0.6) is 0 Å². The van der Waals surface area contributed by atoms with Gasteiger partial charge in [0.05, 0.1) is 18.8 Å². The van der Waals surface area contributed by atoms with Crippen molar-refractivity contribution in [2.24, 2.45) is 0 Å². The van der Waals surface area contributed by atoms with Gasteiger partial charge in [0.1, 0.15) is 0 Å². The number of aliphatic hydroxyl groups excluding tert-OH is 2. The molecule has 0 amide bonds. The van der Waals surface area contributed by atoms with Gasteiger partial charge in [-0.05, 0) is 0 Å². The van der Waals surface area contributed by atoms with Gasteiger partial charge in [-0.3, -0.25) is 4.90 Å². The van der Waals surface area contributed by atoms with Gasteiger partial charge in [0.25, 0.3) is 0 Å². The fourth-order valence-corrected chi connectivity index (χ4v) is 1.25. The maximum Gasteiger partial charge on any atom is 0.0938 e. The average molecular weight is 161 g/mol. The van der Waals surface area contributed by atoms with E-state index in [0.717, 1.165) is 6.54 Å². The maximum atomic E-state index is 9.13. The maximum absolute atomic E-state index is 9.13. The highest BCUT2D eigenvalue weighted by molar-refractivity contribution is 4.82. The highest BCUT2D eigenvalue weighted by atomic mass is 16.5. The molecule has 0 aliphatic carbocycles. The number of methoxy groups -OCH3 is 1. The largest absolute Gasteiger partial charge is 0.389 e. The Morgan fingerprint density at radius 1 is 1.36 bits per heavy atom. The molecule has 1 fully saturated rings. The number of nitrogens with zero attached hydrogens (tertiary/aromatic N) is 1. The van der Waals surface area contributed by atoms with Crippen molar-refractivity contribution in [3.63, 3.8) is 0 Å². The molecule has 0 saturated carbocycles. The highest BCUT2D eigenvalue weighted by Gasteiger charge is 2.28. The molecule has 11 heavy (non-hydrogen) atoms. The highest BCUT2D eigenvalue weighted by Crippen LogP contribution is 2.08. The van der Waals surface area contributed by atoms with Crippen LogP contribution in [0.4, 0.5) is 0 Å². The average Bonchev–Trinajstić information content (AvgIpc) is 2.28. The SMILES string of the molecule is COCCN1C[C@H](O)[C@@H](O)C1. The van der Waals surface area contributed by atoms with Gasteiger partial charge < -0.3 is 14.9 Å². The van der Waals surface area contributed by atoms with Crippen LogP contribution in [0.2, 0.25) is 0 Å². The number of hydrogen-bond donors (Lipinski definition) is 2. The van der Waals surface area contributed by atoms with E-state index in [0.29, 0.717) is 19.7 Å². The zero-order valence-corrected chi connectivity index (χ0v) is 6.73. The summed E-state index contributed by atoms with van der Waals surface area (Å²) >= 11 is 0. The van der Waals surface area contributed by atoms with Crippen LogP contribution in [0.15, 0.2) is 0 Å². The number of aliphatic hydroxyl groups is 2. The predicted octanol–water partition coefficient (Wildman–Crippen LogP) is -1.33. The fraction of sp³-hybridized carbons (Fsp3) is 1.00.